The molecule has 1 aliphatic heterocycles. The summed E-state index contributed by atoms with van der Waals surface area (Å²) < 4.78 is 69.9. The number of amides is 1. The van der Waals surface area contributed by atoms with Gasteiger partial charge in [0.1, 0.15) is 16.5 Å². The topological polar surface area (TPSA) is 106 Å². The fourth-order valence-electron chi connectivity index (χ4n) is 4.80. The molecule has 202 valence electrons. The van der Waals surface area contributed by atoms with Gasteiger partial charge in [0, 0.05) is 24.1 Å². The Morgan fingerprint density at radius 1 is 1.21 bits per heavy atom. The minimum Gasteiger partial charge on any atom is -0.406 e. The van der Waals surface area contributed by atoms with E-state index in [-0.39, 0.29) is 29.4 Å². The van der Waals surface area contributed by atoms with Gasteiger partial charge in [0.15, 0.2) is 5.78 Å². The molecule has 0 saturated carbocycles. The molecule has 1 N–H and O–H groups in total. The first kappa shape index (κ1) is 27.4. The number of ketones is 1. The summed E-state index contributed by atoms with van der Waals surface area (Å²) in [5.41, 5.74) is 0.0639. The number of aromatic nitrogens is 1. The fraction of sp³-hybridized carbons (Fsp3) is 0.346. The van der Waals surface area contributed by atoms with Gasteiger partial charge >= 0.3 is 6.36 Å². The molecule has 1 amide bonds. The molecule has 0 radical (unpaired) electrons. The largest absolute Gasteiger partial charge is 0.573 e. The van der Waals surface area contributed by atoms with Crippen LogP contribution in [0.25, 0.3) is 11.3 Å². The van der Waals surface area contributed by atoms with E-state index in [1.165, 1.54) is 36.4 Å². The highest BCUT2D eigenvalue weighted by atomic mass is 32.2. The van der Waals surface area contributed by atoms with E-state index in [9.17, 15) is 31.2 Å². The van der Waals surface area contributed by atoms with Gasteiger partial charge in [-0.1, -0.05) is 31.2 Å². The zero-order valence-corrected chi connectivity index (χ0v) is 21.7. The number of Topliss-reactive ketones (excluding diaryl/α,β-unsaturated/α-hetero) is 1. The molecular weight excluding hydrogens is 523 g/mol. The summed E-state index contributed by atoms with van der Waals surface area (Å²) in [6.45, 7) is 6.46. The first-order valence-corrected chi connectivity index (χ1v) is 13.3. The molecule has 2 aliphatic rings. The lowest BCUT2D eigenvalue weighted by Crippen LogP contribution is -2.41. The van der Waals surface area contributed by atoms with Gasteiger partial charge in [-0.2, -0.15) is 0 Å². The number of halogens is 3. The summed E-state index contributed by atoms with van der Waals surface area (Å²) in [5.74, 6) is -1.64. The molecule has 8 nitrogen and oxygen atoms in total. The Morgan fingerprint density at radius 3 is 2.58 bits per heavy atom. The zero-order valence-electron chi connectivity index (χ0n) is 20.9. The zero-order chi connectivity index (χ0) is 27.9. The van der Waals surface area contributed by atoms with E-state index in [1.54, 1.807) is 6.07 Å². The molecule has 38 heavy (non-hydrogen) atoms. The number of alkyl halides is 3. The number of pyridine rings is 1. The van der Waals surface area contributed by atoms with Crippen molar-refractivity contribution < 1.29 is 35.9 Å². The molecule has 0 unspecified atom stereocenters. The number of ether oxygens (including phenoxy) is 1. The molecule has 0 spiro atoms. The monoisotopic (exact) mass is 549 g/mol. The summed E-state index contributed by atoms with van der Waals surface area (Å²) in [4.78, 5) is 31.4. The van der Waals surface area contributed by atoms with Crippen LogP contribution in [0.2, 0.25) is 0 Å². The van der Waals surface area contributed by atoms with Crippen LogP contribution in [0.4, 0.5) is 19.0 Å². The molecule has 12 heteroatoms. The third kappa shape index (κ3) is 5.90. The first-order valence-electron chi connectivity index (χ1n) is 11.8. The van der Waals surface area contributed by atoms with Gasteiger partial charge in [-0.25, -0.2) is 18.1 Å². The minimum atomic E-state index is -4.87. The predicted molar refractivity (Wildman–Crippen MR) is 135 cm³/mol. The average Bonchev–Trinajstić information content (AvgIpc) is 3.09. The summed E-state index contributed by atoms with van der Waals surface area (Å²) in [6, 6.07) is 8.05. The van der Waals surface area contributed by atoms with Gasteiger partial charge < -0.3 is 9.64 Å². The lowest BCUT2D eigenvalue weighted by Gasteiger charge is -2.34. The second kappa shape index (κ2) is 9.90. The second-order valence-electron chi connectivity index (χ2n) is 9.90. The number of rotatable bonds is 6. The molecule has 1 atom stereocenters. The van der Waals surface area contributed by atoms with Gasteiger partial charge in [0.25, 0.3) is 15.9 Å². The van der Waals surface area contributed by atoms with Crippen LogP contribution < -0.4 is 14.4 Å². The maximum Gasteiger partial charge on any atom is 0.573 e. The summed E-state index contributed by atoms with van der Waals surface area (Å²) in [7, 11) is -4.45. The number of hydrogen-bond acceptors (Lipinski definition) is 7. The van der Waals surface area contributed by atoms with E-state index in [0.29, 0.717) is 12.1 Å². The lowest BCUT2D eigenvalue weighted by molar-refractivity contribution is -0.274. The Morgan fingerprint density at radius 2 is 1.95 bits per heavy atom. The lowest BCUT2D eigenvalue weighted by atomic mass is 9.97. The number of anilines is 1. The van der Waals surface area contributed by atoms with Gasteiger partial charge in [0.05, 0.1) is 11.3 Å². The van der Waals surface area contributed by atoms with Crippen LogP contribution in [0.1, 0.15) is 44.0 Å². The molecular formula is C26H26F3N3O5S. The highest BCUT2D eigenvalue weighted by Gasteiger charge is 2.39. The third-order valence-corrected chi connectivity index (χ3v) is 7.69. The van der Waals surface area contributed by atoms with E-state index in [2.05, 4.69) is 9.72 Å². The molecule has 1 aromatic carbocycles. The van der Waals surface area contributed by atoms with E-state index in [0.717, 1.165) is 18.6 Å². The summed E-state index contributed by atoms with van der Waals surface area (Å²) in [5, 5.41) is 0. The fourth-order valence-corrected chi connectivity index (χ4v) is 5.90. The van der Waals surface area contributed by atoms with Crippen molar-refractivity contribution in [3.05, 3.63) is 65.1 Å². The van der Waals surface area contributed by atoms with Gasteiger partial charge in [0.2, 0.25) is 0 Å². The van der Waals surface area contributed by atoms with Crippen molar-refractivity contribution in [2.75, 3.05) is 11.4 Å². The van der Waals surface area contributed by atoms with E-state index in [1.807, 2.05) is 30.4 Å². The minimum absolute atomic E-state index is 0.0541. The Hall–Kier alpha value is -3.67. The van der Waals surface area contributed by atoms with Crippen molar-refractivity contribution in [2.24, 2.45) is 5.92 Å². The van der Waals surface area contributed by atoms with Crippen LogP contribution in [-0.2, 0) is 14.8 Å². The number of carbonyl (C=O) groups is 2. The second-order valence-corrected chi connectivity index (χ2v) is 11.5. The highest BCUT2D eigenvalue weighted by Crippen LogP contribution is 2.38. The van der Waals surface area contributed by atoms with Crippen molar-refractivity contribution in [2.45, 2.75) is 45.5 Å². The van der Waals surface area contributed by atoms with Crippen molar-refractivity contribution in [1.29, 1.82) is 0 Å². The van der Waals surface area contributed by atoms with Crippen LogP contribution in [0.3, 0.4) is 0 Å². The molecule has 1 fully saturated rings. The number of benzene rings is 1. The standard InChI is InChI=1S/C26H26F3N3O5S/c1-16-14-25(2,3)32(15-16)23-19(24(34)31-38(35,36)22-10-5-4-9-21(22)33)11-12-20(30-23)17-7-6-8-18(13-17)37-26(27,28)29/h4-8,10-13,16H,9,14-15H2,1-3H3,(H,31,34)/t16-/m0/s1. The molecule has 4 rings (SSSR count). The Labute approximate surface area is 218 Å². The number of carbonyl (C=O) groups excluding carboxylic acids is 2. The SMILES string of the molecule is C[C@@H]1CN(c2nc(-c3cccc(OC(F)(F)F)c3)ccc2C(=O)NS(=O)(=O)C2=CC=CCC2=O)C(C)(C)C1. The molecule has 2 heterocycles. The molecule has 1 aromatic heterocycles. The van der Waals surface area contributed by atoms with Gasteiger partial charge in [-0.05, 0) is 56.5 Å². The summed E-state index contributed by atoms with van der Waals surface area (Å²) >= 11 is 0. The molecule has 0 bridgehead atoms. The maximum atomic E-state index is 13.3. The van der Waals surface area contributed by atoms with Crippen LogP contribution in [0.15, 0.2) is 59.5 Å². The number of sulfonamides is 1. The van der Waals surface area contributed by atoms with Gasteiger partial charge in [-0.3, -0.25) is 9.59 Å². The highest BCUT2D eigenvalue weighted by molar-refractivity contribution is 7.95. The molecule has 1 saturated heterocycles. The maximum absolute atomic E-state index is 13.3. The van der Waals surface area contributed by atoms with Crippen LogP contribution in [-0.4, -0.2) is 43.5 Å². The van der Waals surface area contributed by atoms with E-state index in [4.69, 9.17) is 0 Å². The number of hydrogen-bond donors (Lipinski definition) is 1. The van der Waals surface area contributed by atoms with Crippen molar-refractivity contribution in [1.82, 2.24) is 9.71 Å². The van der Waals surface area contributed by atoms with E-state index >= 15 is 0 Å². The average molecular weight is 550 g/mol. The third-order valence-electron chi connectivity index (χ3n) is 6.29. The number of nitrogens with zero attached hydrogens (tertiary/aromatic N) is 2. The van der Waals surface area contributed by atoms with E-state index < -0.39 is 44.3 Å². The molecule has 2 aromatic rings. The van der Waals surface area contributed by atoms with Crippen LogP contribution in [0, 0.1) is 5.92 Å². The Kier molecular flexibility index (Phi) is 7.13. The normalized spacial score (nSPS) is 19.3. The van der Waals surface area contributed by atoms with Crippen molar-refractivity contribution >= 4 is 27.5 Å². The Bertz CT molecular complexity index is 1450. The molecule has 1 aliphatic carbocycles. The number of allylic oxidation sites excluding steroid dienone is 4. The van der Waals surface area contributed by atoms with Crippen LogP contribution in [0.5, 0.6) is 5.75 Å². The smallest absolute Gasteiger partial charge is 0.406 e. The van der Waals surface area contributed by atoms with Gasteiger partial charge in [-0.15, -0.1) is 13.2 Å². The quantitative estimate of drug-likeness (QED) is 0.555. The Balaban J connectivity index is 1.76. The van der Waals surface area contributed by atoms with Crippen molar-refractivity contribution in [3.63, 3.8) is 0 Å². The number of nitrogens with one attached hydrogen (secondary N) is 1. The van der Waals surface area contributed by atoms with Crippen LogP contribution >= 0.6 is 0 Å². The predicted octanol–water partition coefficient (Wildman–Crippen LogP) is 4.74. The van der Waals surface area contributed by atoms with Crippen molar-refractivity contribution in [3.8, 4) is 17.0 Å². The first-order chi connectivity index (χ1) is 17.7. The summed E-state index contributed by atoms with van der Waals surface area (Å²) in [6.07, 6.45) is -0.140.